The van der Waals surface area contributed by atoms with Crippen molar-refractivity contribution in [1.29, 1.82) is 0 Å². The van der Waals surface area contributed by atoms with Crippen LogP contribution in [0.3, 0.4) is 0 Å². The molecule has 7 heteroatoms. The number of phenols is 1. The second-order valence-electron chi connectivity index (χ2n) is 11.4. The van der Waals surface area contributed by atoms with E-state index < -0.39 is 11.0 Å². The van der Waals surface area contributed by atoms with Gasteiger partial charge in [0.15, 0.2) is 0 Å². The minimum atomic E-state index is -1.05. The second kappa shape index (κ2) is 8.20. The molecular formula is C28H35N3O4. The van der Waals surface area contributed by atoms with Crippen molar-refractivity contribution >= 4 is 5.91 Å². The van der Waals surface area contributed by atoms with Crippen molar-refractivity contribution in [3.05, 3.63) is 62.6 Å². The topological polar surface area (TPSA) is 106 Å². The molecule has 1 amide bonds. The Morgan fingerprint density at radius 1 is 1.17 bits per heavy atom. The summed E-state index contributed by atoms with van der Waals surface area (Å²) in [6.45, 7) is 1.44. The van der Waals surface area contributed by atoms with Gasteiger partial charge in [0.2, 0.25) is 0 Å². The van der Waals surface area contributed by atoms with Crippen molar-refractivity contribution < 1.29 is 15.0 Å². The quantitative estimate of drug-likeness (QED) is 0.543. The molecule has 0 spiro atoms. The maximum Gasteiger partial charge on any atom is 0.261 e. The Hall–Kier alpha value is -2.64. The number of benzene rings is 1. The zero-order valence-electron chi connectivity index (χ0n) is 20.4. The predicted molar refractivity (Wildman–Crippen MR) is 133 cm³/mol. The zero-order chi connectivity index (χ0) is 24.4. The third kappa shape index (κ3) is 3.46. The van der Waals surface area contributed by atoms with Gasteiger partial charge in [-0.25, -0.2) is 0 Å². The van der Waals surface area contributed by atoms with Gasteiger partial charge < -0.3 is 25.4 Å². The molecule has 2 heterocycles. The van der Waals surface area contributed by atoms with Crippen LogP contribution >= 0.6 is 0 Å². The fourth-order valence-corrected chi connectivity index (χ4v) is 7.55. The highest BCUT2D eigenvalue weighted by Gasteiger charge is 2.64. The first kappa shape index (κ1) is 22.8. The molecule has 1 aromatic heterocycles. The largest absolute Gasteiger partial charge is 0.508 e. The van der Waals surface area contributed by atoms with E-state index in [0.29, 0.717) is 31.7 Å². The van der Waals surface area contributed by atoms with E-state index >= 15 is 0 Å². The number of aromatic hydroxyl groups is 1. The van der Waals surface area contributed by atoms with Crippen LogP contribution in [0.2, 0.25) is 0 Å². The normalized spacial score (nSPS) is 30.2. The first-order chi connectivity index (χ1) is 16.8. The number of phenolic OH excluding ortho intramolecular Hbond substituents is 1. The van der Waals surface area contributed by atoms with Gasteiger partial charge in [0, 0.05) is 36.5 Å². The lowest BCUT2D eigenvalue weighted by Gasteiger charge is -2.63. The van der Waals surface area contributed by atoms with Crippen molar-refractivity contribution in [1.82, 2.24) is 15.2 Å². The van der Waals surface area contributed by atoms with Crippen LogP contribution in [-0.4, -0.2) is 57.8 Å². The molecule has 4 aliphatic rings. The van der Waals surface area contributed by atoms with E-state index in [9.17, 15) is 19.8 Å². The molecule has 2 fully saturated rings. The third-order valence-corrected chi connectivity index (χ3v) is 9.50. The van der Waals surface area contributed by atoms with Crippen molar-refractivity contribution in [2.24, 2.45) is 5.92 Å². The number of pyridine rings is 1. The highest BCUT2D eigenvalue weighted by Crippen LogP contribution is 2.56. The van der Waals surface area contributed by atoms with Crippen LogP contribution in [0.15, 0.2) is 29.1 Å². The van der Waals surface area contributed by atoms with Gasteiger partial charge in [0.25, 0.3) is 11.5 Å². The number of aromatic nitrogens is 1. The average Bonchev–Trinajstić information content (AvgIpc) is 2.84. The van der Waals surface area contributed by atoms with Gasteiger partial charge in [0.05, 0.1) is 5.60 Å². The van der Waals surface area contributed by atoms with E-state index in [1.807, 2.05) is 6.07 Å². The van der Waals surface area contributed by atoms with Gasteiger partial charge in [-0.15, -0.1) is 0 Å². The molecule has 186 valence electrons. The predicted octanol–water partition coefficient (Wildman–Crippen LogP) is 2.42. The van der Waals surface area contributed by atoms with Crippen LogP contribution in [0, 0.1) is 5.92 Å². The Balaban J connectivity index is 1.36. The fourth-order valence-electron chi connectivity index (χ4n) is 7.55. The Bertz CT molecular complexity index is 1230. The monoisotopic (exact) mass is 477 g/mol. The van der Waals surface area contributed by atoms with Crippen LogP contribution in [0.5, 0.6) is 5.75 Å². The van der Waals surface area contributed by atoms with Crippen LogP contribution < -0.4 is 10.9 Å². The highest BCUT2D eigenvalue weighted by atomic mass is 16.3. The SMILES string of the molecule is CN1CC[C@]23Cc4[nH]c(=O)c(C(=O)NCC5CCCCC5)cc4C[C@@]2(O)[C@H]1Cc1ccc(O)cc13. The molecule has 1 saturated heterocycles. The number of rotatable bonds is 3. The van der Waals surface area contributed by atoms with E-state index in [2.05, 4.69) is 22.2 Å². The number of aliphatic hydroxyl groups is 1. The minimum absolute atomic E-state index is 0.0723. The Labute approximate surface area is 205 Å². The van der Waals surface area contributed by atoms with Crippen molar-refractivity contribution in [3.63, 3.8) is 0 Å². The number of amides is 1. The Morgan fingerprint density at radius 2 is 1.97 bits per heavy atom. The summed E-state index contributed by atoms with van der Waals surface area (Å²) in [5.74, 6) is 0.351. The number of nitrogens with one attached hydrogen (secondary N) is 2. The number of likely N-dealkylation sites (N-methyl/N-ethyl adjacent to an activating group) is 1. The Morgan fingerprint density at radius 3 is 2.77 bits per heavy atom. The molecule has 3 atom stereocenters. The van der Waals surface area contributed by atoms with Crippen LogP contribution in [-0.2, 0) is 24.7 Å². The molecule has 2 bridgehead atoms. The van der Waals surface area contributed by atoms with Crippen LogP contribution in [0.1, 0.15) is 71.3 Å². The van der Waals surface area contributed by atoms with E-state index in [1.165, 1.54) is 19.3 Å². The van der Waals surface area contributed by atoms with Gasteiger partial charge in [-0.2, -0.15) is 0 Å². The van der Waals surface area contributed by atoms with E-state index in [1.54, 1.807) is 18.2 Å². The first-order valence-electron chi connectivity index (χ1n) is 13.1. The fraction of sp³-hybridized carbons (Fsp3) is 0.571. The summed E-state index contributed by atoms with van der Waals surface area (Å²) >= 11 is 0. The average molecular weight is 478 g/mol. The maximum atomic E-state index is 13.0. The van der Waals surface area contributed by atoms with E-state index in [4.69, 9.17) is 0 Å². The summed E-state index contributed by atoms with van der Waals surface area (Å²) in [5.41, 5.74) is 1.89. The number of nitrogens with zero attached hydrogens (tertiary/aromatic N) is 1. The van der Waals surface area contributed by atoms with Crippen LogP contribution in [0.4, 0.5) is 0 Å². The number of hydrogen-bond acceptors (Lipinski definition) is 5. The molecule has 1 aromatic carbocycles. The number of carbonyl (C=O) groups is 1. The van der Waals surface area contributed by atoms with E-state index in [0.717, 1.165) is 48.2 Å². The number of H-pyrrole nitrogens is 1. The number of fused-ring (bicyclic) bond motifs is 2. The molecule has 35 heavy (non-hydrogen) atoms. The van der Waals surface area contributed by atoms with Crippen LogP contribution in [0.25, 0.3) is 0 Å². The lowest BCUT2D eigenvalue weighted by atomic mass is 9.49. The van der Waals surface area contributed by atoms with Gasteiger partial charge >= 0.3 is 0 Å². The second-order valence-corrected chi connectivity index (χ2v) is 11.4. The smallest absolute Gasteiger partial charge is 0.261 e. The molecule has 1 saturated carbocycles. The van der Waals surface area contributed by atoms with E-state index in [-0.39, 0.29) is 28.8 Å². The standard InChI is InChI=1S/C28H35N3O4/c1-31-10-9-27-15-23-19(14-28(27,35)24(31)12-18-7-8-20(32)13-22(18)27)11-21(26(34)30-23)25(33)29-16-17-5-3-2-4-6-17/h7-8,11,13,17,24,32,35H,2-6,9-10,12,14-16H2,1H3,(H,29,33)(H,30,34)/t24-,27-,28-/m1/s1. The Kier molecular flexibility index (Phi) is 5.34. The molecule has 0 radical (unpaired) electrons. The van der Waals surface area contributed by atoms with Gasteiger partial charge in [-0.3, -0.25) is 9.59 Å². The lowest BCUT2D eigenvalue weighted by molar-refractivity contribution is -0.145. The van der Waals surface area contributed by atoms with Crippen molar-refractivity contribution in [2.75, 3.05) is 20.1 Å². The number of piperidine rings is 1. The van der Waals surface area contributed by atoms with Crippen molar-refractivity contribution in [3.8, 4) is 5.75 Å². The zero-order valence-corrected chi connectivity index (χ0v) is 20.4. The summed E-state index contributed by atoms with van der Waals surface area (Å²) in [6.07, 6.45) is 8.22. The summed E-state index contributed by atoms with van der Waals surface area (Å²) in [6, 6.07) is 7.13. The maximum absolute atomic E-state index is 13.0. The summed E-state index contributed by atoms with van der Waals surface area (Å²) in [5, 5.41) is 25.7. The van der Waals surface area contributed by atoms with Gasteiger partial charge in [-0.1, -0.05) is 25.3 Å². The summed E-state index contributed by atoms with van der Waals surface area (Å²) in [4.78, 5) is 31.2. The highest BCUT2D eigenvalue weighted by molar-refractivity contribution is 5.94. The molecule has 0 unspecified atom stereocenters. The number of likely N-dealkylation sites (tertiary alicyclic amines) is 1. The first-order valence-corrected chi connectivity index (χ1v) is 13.1. The molecular weight excluding hydrogens is 442 g/mol. The summed E-state index contributed by atoms with van der Waals surface area (Å²) in [7, 11) is 2.06. The van der Waals surface area contributed by atoms with Gasteiger partial charge in [-0.05, 0) is 80.1 Å². The van der Waals surface area contributed by atoms with Gasteiger partial charge in [0.1, 0.15) is 11.3 Å². The summed E-state index contributed by atoms with van der Waals surface area (Å²) < 4.78 is 0. The molecule has 6 rings (SSSR count). The molecule has 2 aromatic rings. The molecule has 4 N–H and O–H groups in total. The number of aromatic amines is 1. The van der Waals surface area contributed by atoms with Crippen molar-refractivity contribution in [2.45, 2.75) is 74.8 Å². The number of carbonyl (C=O) groups excluding carboxylic acids is 1. The molecule has 3 aliphatic carbocycles. The molecule has 1 aliphatic heterocycles. The minimum Gasteiger partial charge on any atom is -0.508 e. The third-order valence-electron chi connectivity index (χ3n) is 9.50. The molecule has 7 nitrogen and oxygen atoms in total. The number of hydrogen-bond donors (Lipinski definition) is 4. The lowest BCUT2D eigenvalue weighted by Crippen LogP contribution is -2.73.